The topological polar surface area (TPSA) is 63.1 Å². The van der Waals surface area contributed by atoms with E-state index in [4.69, 9.17) is 0 Å². The van der Waals surface area contributed by atoms with Crippen LogP contribution < -0.4 is 5.32 Å². The van der Waals surface area contributed by atoms with Gasteiger partial charge in [0.1, 0.15) is 0 Å². The van der Waals surface area contributed by atoms with Gasteiger partial charge in [-0.3, -0.25) is 14.5 Å². The molecule has 1 atom stereocenters. The van der Waals surface area contributed by atoms with Crippen molar-refractivity contribution < 1.29 is 4.79 Å². The molecule has 0 radical (unpaired) electrons. The first kappa shape index (κ1) is 20.5. The van der Waals surface area contributed by atoms with Crippen molar-refractivity contribution in [2.45, 2.75) is 51.6 Å². The predicted molar refractivity (Wildman–Crippen MR) is 111 cm³/mol. The summed E-state index contributed by atoms with van der Waals surface area (Å²) in [5.74, 6) is 1.33. The molecule has 0 bridgehead atoms. The van der Waals surface area contributed by atoms with Gasteiger partial charge in [0.2, 0.25) is 5.91 Å². The van der Waals surface area contributed by atoms with Crippen molar-refractivity contribution in [1.82, 2.24) is 25.0 Å². The van der Waals surface area contributed by atoms with Crippen LogP contribution in [0.1, 0.15) is 49.5 Å². The number of carbonyl (C=O) groups is 1. The Morgan fingerprint density at radius 3 is 2.61 bits per heavy atom. The first-order valence-electron chi connectivity index (χ1n) is 10.4. The summed E-state index contributed by atoms with van der Waals surface area (Å²) in [7, 11) is 4.29. The Hall–Kier alpha value is -2.21. The fourth-order valence-electron chi connectivity index (χ4n) is 4.37. The Morgan fingerprint density at radius 2 is 2.00 bits per heavy atom. The predicted octanol–water partition coefficient (Wildman–Crippen LogP) is 3.20. The summed E-state index contributed by atoms with van der Waals surface area (Å²) in [4.78, 5) is 19.1. The minimum Gasteiger partial charge on any atom is -0.356 e. The number of amides is 1. The van der Waals surface area contributed by atoms with E-state index in [1.165, 1.54) is 25.7 Å². The number of carbonyl (C=O) groups excluding carboxylic acids is 1. The second-order valence-corrected chi connectivity index (χ2v) is 8.19. The van der Waals surface area contributed by atoms with Gasteiger partial charge in [0.05, 0.1) is 11.7 Å². The molecule has 3 rings (SSSR count). The average molecular weight is 384 g/mol. The zero-order valence-corrected chi connectivity index (χ0v) is 17.3. The number of hydrogen-bond donors (Lipinski definition) is 1. The largest absolute Gasteiger partial charge is 0.356 e. The van der Waals surface area contributed by atoms with Gasteiger partial charge in [-0.25, -0.2) is 0 Å². The minimum absolute atomic E-state index is 0.122. The van der Waals surface area contributed by atoms with Crippen LogP contribution in [0.3, 0.4) is 0 Å². The smallest absolute Gasteiger partial charge is 0.221 e. The Kier molecular flexibility index (Phi) is 7.20. The lowest BCUT2D eigenvalue weighted by Gasteiger charge is -2.37. The first-order valence-corrected chi connectivity index (χ1v) is 10.4. The summed E-state index contributed by atoms with van der Waals surface area (Å²) < 4.78 is 1.88. The van der Waals surface area contributed by atoms with Crippen molar-refractivity contribution in [3.8, 4) is 0 Å². The molecule has 0 saturated heterocycles. The lowest BCUT2D eigenvalue weighted by atomic mass is 9.77. The number of nitrogens with one attached hydrogen (secondary N) is 1. The Morgan fingerprint density at radius 1 is 1.21 bits per heavy atom. The molecular weight excluding hydrogens is 350 g/mol. The standard InChI is InChI=1S/C22H33N5O/c1-17-11-14-25-27(17)15-12-21(28)24-16-18-7-9-19(10-8-18)22(26(2)3)20-6-4-5-13-23-20/h4-6,11,13-14,18-19,22H,7-10,12,15-16H2,1-3H3,(H,24,28)/t18?,19?,22-/m1/s1. The lowest BCUT2D eigenvalue weighted by Crippen LogP contribution is -2.35. The summed E-state index contributed by atoms with van der Waals surface area (Å²) in [6.45, 7) is 3.45. The highest BCUT2D eigenvalue weighted by Gasteiger charge is 2.30. The molecule has 1 amide bonds. The molecule has 152 valence electrons. The summed E-state index contributed by atoms with van der Waals surface area (Å²) >= 11 is 0. The van der Waals surface area contributed by atoms with E-state index < -0.39 is 0 Å². The molecule has 1 aliphatic rings. The molecule has 2 heterocycles. The number of rotatable bonds is 8. The second-order valence-electron chi connectivity index (χ2n) is 8.19. The highest BCUT2D eigenvalue weighted by Crippen LogP contribution is 2.38. The zero-order chi connectivity index (χ0) is 19.9. The van der Waals surface area contributed by atoms with Crippen LogP contribution in [0.4, 0.5) is 0 Å². The van der Waals surface area contributed by atoms with Crippen LogP contribution in [0, 0.1) is 18.8 Å². The van der Waals surface area contributed by atoms with Crippen LogP contribution in [0.25, 0.3) is 0 Å². The van der Waals surface area contributed by atoms with Crippen LogP contribution in [0.5, 0.6) is 0 Å². The third-order valence-electron chi connectivity index (χ3n) is 5.95. The van der Waals surface area contributed by atoms with Crippen molar-refractivity contribution in [3.63, 3.8) is 0 Å². The lowest BCUT2D eigenvalue weighted by molar-refractivity contribution is -0.121. The molecule has 28 heavy (non-hydrogen) atoms. The van der Waals surface area contributed by atoms with E-state index in [1.54, 1.807) is 6.20 Å². The quantitative estimate of drug-likeness (QED) is 0.760. The van der Waals surface area contributed by atoms with Crippen LogP contribution in [-0.4, -0.2) is 46.2 Å². The van der Waals surface area contributed by atoms with E-state index in [1.807, 2.05) is 29.9 Å². The van der Waals surface area contributed by atoms with Crippen LogP contribution in [-0.2, 0) is 11.3 Å². The fraction of sp³-hybridized carbons (Fsp3) is 0.591. The average Bonchev–Trinajstić information content (AvgIpc) is 3.11. The first-order chi connectivity index (χ1) is 13.5. The highest BCUT2D eigenvalue weighted by molar-refractivity contribution is 5.75. The highest BCUT2D eigenvalue weighted by atomic mass is 16.1. The van der Waals surface area contributed by atoms with Crippen molar-refractivity contribution in [3.05, 3.63) is 48.0 Å². The Labute approximate surface area is 168 Å². The molecule has 1 fully saturated rings. The van der Waals surface area contributed by atoms with Crippen LogP contribution >= 0.6 is 0 Å². The molecule has 0 spiro atoms. The van der Waals surface area contributed by atoms with Gasteiger partial charge in [-0.2, -0.15) is 5.10 Å². The van der Waals surface area contributed by atoms with Gasteiger partial charge in [0, 0.05) is 37.6 Å². The molecule has 6 heteroatoms. The van der Waals surface area contributed by atoms with E-state index in [2.05, 4.69) is 46.5 Å². The fourth-order valence-corrected chi connectivity index (χ4v) is 4.37. The summed E-state index contributed by atoms with van der Waals surface area (Å²) in [6.07, 6.45) is 8.86. The van der Waals surface area contributed by atoms with Crippen LogP contribution in [0.15, 0.2) is 36.7 Å². The molecule has 0 unspecified atom stereocenters. The summed E-state index contributed by atoms with van der Waals surface area (Å²) in [6, 6.07) is 8.52. The summed E-state index contributed by atoms with van der Waals surface area (Å²) in [5, 5.41) is 7.36. The van der Waals surface area contributed by atoms with Crippen molar-refractivity contribution in [2.75, 3.05) is 20.6 Å². The maximum atomic E-state index is 12.2. The number of nitrogens with zero attached hydrogens (tertiary/aromatic N) is 4. The molecule has 1 aliphatic carbocycles. The number of pyridine rings is 1. The normalized spacial score (nSPS) is 20.9. The SMILES string of the molecule is Cc1ccnn1CCC(=O)NCC1CCC([C@H](c2ccccn2)N(C)C)CC1. The van der Waals surface area contributed by atoms with Gasteiger partial charge in [-0.15, -0.1) is 0 Å². The minimum atomic E-state index is 0.122. The number of hydrogen-bond acceptors (Lipinski definition) is 4. The van der Waals surface area contributed by atoms with Crippen LogP contribution in [0.2, 0.25) is 0 Å². The molecule has 2 aromatic rings. The number of aromatic nitrogens is 3. The van der Waals surface area contributed by atoms with E-state index in [0.29, 0.717) is 30.8 Å². The Balaban J connectivity index is 1.42. The van der Waals surface area contributed by atoms with E-state index in [-0.39, 0.29) is 5.91 Å². The summed E-state index contributed by atoms with van der Waals surface area (Å²) in [5.41, 5.74) is 2.26. The molecule has 0 aromatic carbocycles. The second kappa shape index (κ2) is 9.82. The molecule has 0 aliphatic heterocycles. The zero-order valence-electron chi connectivity index (χ0n) is 17.3. The third kappa shape index (κ3) is 5.41. The third-order valence-corrected chi connectivity index (χ3v) is 5.95. The molecule has 1 N–H and O–H groups in total. The monoisotopic (exact) mass is 383 g/mol. The molecule has 1 saturated carbocycles. The maximum Gasteiger partial charge on any atom is 0.221 e. The van der Waals surface area contributed by atoms with Gasteiger partial charge in [0.15, 0.2) is 0 Å². The van der Waals surface area contributed by atoms with Gasteiger partial charge in [0.25, 0.3) is 0 Å². The van der Waals surface area contributed by atoms with Gasteiger partial charge < -0.3 is 10.2 Å². The van der Waals surface area contributed by atoms with Crippen molar-refractivity contribution in [1.29, 1.82) is 0 Å². The van der Waals surface area contributed by atoms with Crippen molar-refractivity contribution in [2.24, 2.45) is 11.8 Å². The molecule has 6 nitrogen and oxygen atoms in total. The maximum absolute atomic E-state index is 12.2. The number of aryl methyl sites for hydroxylation is 2. The van der Waals surface area contributed by atoms with E-state index in [0.717, 1.165) is 17.9 Å². The van der Waals surface area contributed by atoms with Crippen molar-refractivity contribution >= 4 is 5.91 Å². The van der Waals surface area contributed by atoms with E-state index >= 15 is 0 Å². The molecular formula is C22H33N5O. The van der Waals surface area contributed by atoms with Gasteiger partial charge in [-0.05, 0) is 76.7 Å². The molecule has 2 aromatic heterocycles. The van der Waals surface area contributed by atoms with Gasteiger partial charge in [-0.1, -0.05) is 6.07 Å². The Bertz CT molecular complexity index is 734. The van der Waals surface area contributed by atoms with E-state index in [9.17, 15) is 4.79 Å². The van der Waals surface area contributed by atoms with Gasteiger partial charge >= 0.3 is 0 Å².